The third-order valence-corrected chi connectivity index (χ3v) is 2.41. The van der Waals surface area contributed by atoms with E-state index in [2.05, 4.69) is 0 Å². The molecule has 80 valence electrons. The fourth-order valence-corrected chi connectivity index (χ4v) is 1.40. The smallest absolute Gasteiger partial charge is 0.372 e. The molecule has 0 fully saturated rings. The number of hydrogen-bond acceptors (Lipinski definition) is 2. The summed E-state index contributed by atoms with van der Waals surface area (Å²) < 4.78 is 0. The fourth-order valence-electron chi connectivity index (χ4n) is 1.40. The highest BCUT2D eigenvalue weighted by Crippen LogP contribution is 2.19. The van der Waals surface area contributed by atoms with Crippen LogP contribution in [0.2, 0.25) is 0 Å². The van der Waals surface area contributed by atoms with Gasteiger partial charge < -0.3 is 5.11 Å². The Morgan fingerprint density at radius 2 is 1.87 bits per heavy atom. The first-order chi connectivity index (χ1) is 7.11. The van der Waals surface area contributed by atoms with Gasteiger partial charge in [-0.3, -0.25) is 4.79 Å². The maximum atomic E-state index is 10.9. The molecule has 0 saturated carbocycles. The molecule has 0 aromatic heterocycles. The van der Waals surface area contributed by atoms with Crippen LogP contribution in [0.3, 0.4) is 0 Å². The largest absolute Gasteiger partial charge is 0.476 e. The van der Waals surface area contributed by atoms with Gasteiger partial charge in [0.1, 0.15) is 0 Å². The normalized spacial score (nSPS) is 12.1. The van der Waals surface area contributed by atoms with Crippen LogP contribution in [0.25, 0.3) is 0 Å². The summed E-state index contributed by atoms with van der Waals surface area (Å²) in [7, 11) is 0. The highest BCUT2D eigenvalue weighted by atomic mass is 16.4. The van der Waals surface area contributed by atoms with Crippen LogP contribution < -0.4 is 0 Å². The molecule has 1 N–H and O–H groups in total. The van der Waals surface area contributed by atoms with E-state index >= 15 is 0 Å². The average Bonchev–Trinajstić information content (AvgIpc) is 2.26. The molecule has 1 rings (SSSR count). The average molecular weight is 206 g/mol. The molecule has 0 aliphatic carbocycles. The second-order valence-corrected chi connectivity index (χ2v) is 3.58. The minimum atomic E-state index is -1.34. The molecule has 3 heteroatoms. The van der Waals surface area contributed by atoms with Crippen LogP contribution in [0.1, 0.15) is 31.2 Å². The van der Waals surface area contributed by atoms with Gasteiger partial charge in [0.25, 0.3) is 0 Å². The predicted octanol–water partition coefficient (Wildman–Crippen LogP) is 2.22. The van der Waals surface area contributed by atoms with E-state index in [0.717, 1.165) is 5.56 Å². The van der Waals surface area contributed by atoms with Crippen molar-refractivity contribution in [3.63, 3.8) is 0 Å². The first kappa shape index (κ1) is 11.4. The molecule has 1 unspecified atom stereocenters. The lowest BCUT2D eigenvalue weighted by atomic mass is 9.95. The lowest BCUT2D eigenvalue weighted by Gasteiger charge is -2.09. The molecule has 3 nitrogen and oxygen atoms in total. The Morgan fingerprint density at radius 1 is 1.27 bits per heavy atom. The van der Waals surface area contributed by atoms with Gasteiger partial charge in [0.15, 0.2) is 0 Å². The van der Waals surface area contributed by atoms with Crippen molar-refractivity contribution in [2.45, 2.75) is 25.7 Å². The highest BCUT2D eigenvalue weighted by Gasteiger charge is 2.13. The van der Waals surface area contributed by atoms with E-state index in [1.165, 1.54) is 0 Å². The fraction of sp³-hybridized carbons (Fsp3) is 0.333. The summed E-state index contributed by atoms with van der Waals surface area (Å²) in [6, 6.07) is 9.76. The second kappa shape index (κ2) is 5.29. The van der Waals surface area contributed by atoms with Gasteiger partial charge in [-0.05, 0) is 17.9 Å². The Morgan fingerprint density at radius 3 is 2.40 bits per heavy atom. The van der Waals surface area contributed by atoms with Gasteiger partial charge in [-0.2, -0.15) is 0 Å². The van der Waals surface area contributed by atoms with Crippen LogP contribution in [0, 0.1) is 0 Å². The summed E-state index contributed by atoms with van der Waals surface area (Å²) in [6.07, 6.45) is 0.681. The standard InChI is InChI=1S/C12H14O3/c1-9(7-8-11(13)12(14)15)10-5-3-2-4-6-10/h2-6,9H,7-8H2,1H3,(H,14,15). The summed E-state index contributed by atoms with van der Waals surface area (Å²) >= 11 is 0. The second-order valence-electron chi connectivity index (χ2n) is 3.58. The number of carboxylic acids is 1. The molecule has 0 radical (unpaired) electrons. The monoisotopic (exact) mass is 206 g/mol. The number of ketones is 1. The Labute approximate surface area is 88.7 Å². The number of benzene rings is 1. The van der Waals surface area contributed by atoms with E-state index in [9.17, 15) is 9.59 Å². The molecule has 0 amide bonds. The zero-order valence-corrected chi connectivity index (χ0v) is 8.64. The lowest BCUT2D eigenvalue weighted by Crippen LogP contribution is -2.12. The predicted molar refractivity (Wildman–Crippen MR) is 56.7 cm³/mol. The van der Waals surface area contributed by atoms with Gasteiger partial charge in [0, 0.05) is 6.42 Å². The first-order valence-corrected chi connectivity index (χ1v) is 4.92. The van der Waals surface area contributed by atoms with Crippen molar-refractivity contribution < 1.29 is 14.7 Å². The van der Waals surface area contributed by atoms with Gasteiger partial charge in [-0.25, -0.2) is 4.79 Å². The minimum Gasteiger partial charge on any atom is -0.476 e. The minimum absolute atomic E-state index is 0.103. The van der Waals surface area contributed by atoms with E-state index in [1.54, 1.807) is 0 Å². The lowest BCUT2D eigenvalue weighted by molar-refractivity contribution is -0.149. The van der Waals surface area contributed by atoms with Crippen molar-refractivity contribution >= 4 is 11.8 Å². The Kier molecular flexibility index (Phi) is 4.03. The molecule has 0 aliphatic heterocycles. The zero-order valence-electron chi connectivity index (χ0n) is 8.64. The van der Waals surface area contributed by atoms with Crippen LogP contribution >= 0.6 is 0 Å². The summed E-state index contributed by atoms with van der Waals surface area (Å²) in [5, 5.41) is 8.42. The maximum absolute atomic E-state index is 10.9. The number of carboxylic acid groups (broad SMARTS) is 1. The van der Waals surface area contributed by atoms with Crippen molar-refractivity contribution in [1.29, 1.82) is 0 Å². The third kappa shape index (κ3) is 3.54. The first-order valence-electron chi connectivity index (χ1n) is 4.92. The molecule has 1 aromatic rings. The zero-order chi connectivity index (χ0) is 11.3. The van der Waals surface area contributed by atoms with Crippen molar-refractivity contribution in [1.82, 2.24) is 0 Å². The van der Waals surface area contributed by atoms with E-state index in [-0.39, 0.29) is 12.3 Å². The maximum Gasteiger partial charge on any atom is 0.372 e. The highest BCUT2D eigenvalue weighted by molar-refractivity contribution is 6.32. The van der Waals surface area contributed by atoms with Gasteiger partial charge in [0.2, 0.25) is 5.78 Å². The molecular weight excluding hydrogens is 192 g/mol. The van der Waals surface area contributed by atoms with Gasteiger partial charge in [0.05, 0.1) is 0 Å². The van der Waals surface area contributed by atoms with Crippen LogP contribution in [-0.2, 0) is 9.59 Å². The molecular formula is C12H14O3. The van der Waals surface area contributed by atoms with E-state index in [1.807, 2.05) is 37.3 Å². The SMILES string of the molecule is CC(CCC(=O)C(=O)O)c1ccccc1. The van der Waals surface area contributed by atoms with Crippen LogP contribution in [0.15, 0.2) is 30.3 Å². The molecule has 0 bridgehead atoms. The van der Waals surface area contributed by atoms with Crippen LogP contribution in [0.5, 0.6) is 0 Å². The summed E-state index contributed by atoms with van der Waals surface area (Å²) in [5.74, 6) is -1.83. The van der Waals surface area contributed by atoms with Crippen LogP contribution in [-0.4, -0.2) is 16.9 Å². The number of carbonyl (C=O) groups excluding carboxylic acids is 1. The molecule has 0 spiro atoms. The van der Waals surface area contributed by atoms with Crippen LogP contribution in [0.4, 0.5) is 0 Å². The van der Waals surface area contributed by atoms with Crippen molar-refractivity contribution in [3.05, 3.63) is 35.9 Å². The Balaban J connectivity index is 2.47. The number of rotatable bonds is 5. The number of hydrogen-bond donors (Lipinski definition) is 1. The summed E-state index contributed by atoms with van der Waals surface area (Å²) in [5.41, 5.74) is 1.13. The Hall–Kier alpha value is -1.64. The van der Waals surface area contributed by atoms with Gasteiger partial charge in [-0.1, -0.05) is 37.3 Å². The quantitative estimate of drug-likeness (QED) is 0.751. The van der Waals surface area contributed by atoms with Crippen molar-refractivity contribution in [2.24, 2.45) is 0 Å². The Bertz CT molecular complexity index is 343. The molecule has 0 saturated heterocycles. The summed E-state index contributed by atoms with van der Waals surface area (Å²) in [4.78, 5) is 21.2. The molecule has 0 heterocycles. The van der Waals surface area contributed by atoms with E-state index < -0.39 is 11.8 Å². The number of carbonyl (C=O) groups is 2. The number of aliphatic carboxylic acids is 1. The molecule has 0 aliphatic rings. The van der Waals surface area contributed by atoms with Crippen molar-refractivity contribution in [2.75, 3.05) is 0 Å². The molecule has 1 aromatic carbocycles. The summed E-state index contributed by atoms with van der Waals surface area (Å²) in [6.45, 7) is 1.99. The molecule has 1 atom stereocenters. The molecule has 15 heavy (non-hydrogen) atoms. The van der Waals surface area contributed by atoms with E-state index in [0.29, 0.717) is 6.42 Å². The third-order valence-electron chi connectivity index (χ3n) is 2.41. The number of Topliss-reactive ketones (excluding diaryl/α,β-unsaturated/α-hetero) is 1. The topological polar surface area (TPSA) is 54.4 Å². The van der Waals surface area contributed by atoms with Crippen molar-refractivity contribution in [3.8, 4) is 0 Å². The van der Waals surface area contributed by atoms with E-state index in [4.69, 9.17) is 5.11 Å². The van der Waals surface area contributed by atoms with Gasteiger partial charge in [-0.15, -0.1) is 0 Å². The van der Waals surface area contributed by atoms with Gasteiger partial charge >= 0.3 is 5.97 Å².